The highest BCUT2D eigenvalue weighted by atomic mass is 79.9. The van der Waals surface area contributed by atoms with Gasteiger partial charge in [0.25, 0.3) is 11.8 Å². The van der Waals surface area contributed by atoms with Crippen molar-refractivity contribution in [1.29, 1.82) is 0 Å². The van der Waals surface area contributed by atoms with Crippen LogP contribution in [0.5, 0.6) is 17.2 Å². The number of amides is 2. The Bertz CT molecular complexity index is 1260. The largest absolute Gasteiger partial charge is 0.497 e. The fraction of sp³-hybridized carbons (Fsp3) is 0.154. The molecule has 0 spiro atoms. The predicted molar refractivity (Wildman–Crippen MR) is 138 cm³/mol. The second-order valence-corrected chi connectivity index (χ2v) is 8.16. The van der Waals surface area contributed by atoms with Crippen LogP contribution in [0.4, 0.5) is 0 Å². The van der Waals surface area contributed by atoms with Gasteiger partial charge in [0.05, 0.1) is 32.0 Å². The minimum atomic E-state index is -0.544. The van der Waals surface area contributed by atoms with Gasteiger partial charge < -0.3 is 19.5 Å². The Morgan fingerprint density at radius 1 is 0.972 bits per heavy atom. The molecule has 0 radical (unpaired) electrons. The number of nitrogens with one attached hydrogen (secondary N) is 2. The molecule has 36 heavy (non-hydrogen) atoms. The van der Waals surface area contributed by atoms with Gasteiger partial charge in [-0.3, -0.25) is 9.59 Å². The zero-order valence-corrected chi connectivity index (χ0v) is 21.2. The number of carbonyl (C=O) groups is 3. The van der Waals surface area contributed by atoms with Crippen LogP contribution < -0.4 is 25.0 Å². The van der Waals surface area contributed by atoms with E-state index in [9.17, 15) is 14.4 Å². The van der Waals surface area contributed by atoms with E-state index in [-0.39, 0.29) is 18.2 Å². The fourth-order valence-corrected chi connectivity index (χ4v) is 3.35. The van der Waals surface area contributed by atoms with Gasteiger partial charge in [-0.1, -0.05) is 22.0 Å². The molecule has 0 fully saturated rings. The van der Waals surface area contributed by atoms with Gasteiger partial charge in [-0.2, -0.15) is 5.10 Å². The minimum Gasteiger partial charge on any atom is -0.497 e. The van der Waals surface area contributed by atoms with E-state index in [1.165, 1.54) is 6.21 Å². The van der Waals surface area contributed by atoms with Gasteiger partial charge in [0.1, 0.15) is 5.75 Å². The molecule has 0 aliphatic heterocycles. The summed E-state index contributed by atoms with van der Waals surface area (Å²) in [5.74, 6) is -0.201. The van der Waals surface area contributed by atoms with Crippen LogP contribution in [0.2, 0.25) is 0 Å². The molecule has 3 aromatic carbocycles. The molecule has 9 nitrogen and oxygen atoms in total. The molecule has 186 valence electrons. The van der Waals surface area contributed by atoms with Crippen LogP contribution in [0.3, 0.4) is 0 Å². The molecule has 0 aliphatic carbocycles. The summed E-state index contributed by atoms with van der Waals surface area (Å²) in [6, 6.07) is 18.2. The summed E-state index contributed by atoms with van der Waals surface area (Å²) in [6.07, 6.45) is 1.41. The Kier molecular flexibility index (Phi) is 9.58. The van der Waals surface area contributed by atoms with Crippen LogP contribution in [-0.2, 0) is 4.79 Å². The molecule has 0 bridgehead atoms. The lowest BCUT2D eigenvalue weighted by molar-refractivity contribution is -0.120. The topological polar surface area (TPSA) is 115 Å². The SMILES string of the molecule is CCOc1cc(C=NNC(=O)CNC(=O)c2cccc(Br)c2)ccc1OC(=O)c1ccc(OC)cc1. The summed E-state index contributed by atoms with van der Waals surface area (Å²) in [6.45, 7) is 1.91. The highest BCUT2D eigenvalue weighted by Gasteiger charge is 2.14. The maximum atomic E-state index is 12.5. The van der Waals surface area contributed by atoms with Crippen LogP contribution in [0, 0.1) is 0 Å². The molecular weight excluding hydrogens is 530 g/mol. The number of hydrogen-bond donors (Lipinski definition) is 2. The normalized spacial score (nSPS) is 10.5. The second kappa shape index (κ2) is 13.1. The van der Waals surface area contributed by atoms with Crippen molar-refractivity contribution < 1.29 is 28.6 Å². The van der Waals surface area contributed by atoms with E-state index in [1.807, 2.05) is 0 Å². The molecule has 0 unspecified atom stereocenters. The van der Waals surface area contributed by atoms with Gasteiger partial charge in [-0.15, -0.1) is 0 Å². The zero-order chi connectivity index (χ0) is 25.9. The molecule has 0 aliphatic rings. The van der Waals surface area contributed by atoms with Crippen LogP contribution in [-0.4, -0.2) is 44.3 Å². The van der Waals surface area contributed by atoms with E-state index in [0.29, 0.717) is 34.8 Å². The van der Waals surface area contributed by atoms with Gasteiger partial charge in [-0.05, 0) is 73.2 Å². The molecular formula is C26H24BrN3O6. The van der Waals surface area contributed by atoms with Crippen molar-refractivity contribution in [3.8, 4) is 17.2 Å². The first-order valence-corrected chi connectivity index (χ1v) is 11.7. The lowest BCUT2D eigenvalue weighted by atomic mass is 10.2. The Morgan fingerprint density at radius 2 is 1.75 bits per heavy atom. The summed E-state index contributed by atoms with van der Waals surface area (Å²) >= 11 is 3.30. The number of rotatable bonds is 10. The summed E-state index contributed by atoms with van der Waals surface area (Å²) in [7, 11) is 1.54. The number of ether oxygens (including phenoxy) is 3. The van der Waals surface area contributed by atoms with Gasteiger partial charge >= 0.3 is 5.97 Å². The smallest absolute Gasteiger partial charge is 0.343 e. The van der Waals surface area contributed by atoms with Crippen molar-refractivity contribution in [2.24, 2.45) is 5.10 Å². The average molecular weight is 554 g/mol. The van der Waals surface area contributed by atoms with Crippen molar-refractivity contribution in [1.82, 2.24) is 10.7 Å². The third kappa shape index (κ3) is 7.67. The first kappa shape index (κ1) is 26.4. The summed E-state index contributed by atoms with van der Waals surface area (Å²) < 4.78 is 16.9. The molecule has 0 heterocycles. The number of esters is 1. The summed E-state index contributed by atoms with van der Waals surface area (Å²) in [4.78, 5) is 36.6. The van der Waals surface area contributed by atoms with Gasteiger partial charge in [0.2, 0.25) is 0 Å². The number of benzene rings is 3. The molecule has 0 saturated carbocycles. The van der Waals surface area contributed by atoms with E-state index in [2.05, 4.69) is 31.8 Å². The van der Waals surface area contributed by atoms with Crippen LogP contribution >= 0.6 is 15.9 Å². The lowest BCUT2D eigenvalue weighted by Gasteiger charge is -2.11. The van der Waals surface area contributed by atoms with Crippen molar-refractivity contribution in [3.63, 3.8) is 0 Å². The fourth-order valence-electron chi connectivity index (χ4n) is 2.95. The van der Waals surface area contributed by atoms with Crippen molar-refractivity contribution in [3.05, 3.63) is 87.9 Å². The zero-order valence-electron chi connectivity index (χ0n) is 19.6. The molecule has 3 rings (SSSR count). The van der Waals surface area contributed by atoms with Crippen LogP contribution in [0.1, 0.15) is 33.2 Å². The summed E-state index contributed by atoms with van der Waals surface area (Å²) in [5, 5.41) is 6.43. The highest BCUT2D eigenvalue weighted by molar-refractivity contribution is 9.10. The van der Waals surface area contributed by atoms with Gasteiger partial charge in [0.15, 0.2) is 11.5 Å². The van der Waals surface area contributed by atoms with E-state index >= 15 is 0 Å². The second-order valence-electron chi connectivity index (χ2n) is 7.24. The summed E-state index contributed by atoms with van der Waals surface area (Å²) in [5.41, 5.74) is 3.73. The van der Waals surface area contributed by atoms with E-state index in [1.54, 1.807) is 80.8 Å². The Labute approximate surface area is 216 Å². The predicted octanol–water partition coefficient (Wildman–Crippen LogP) is 3.96. The van der Waals surface area contributed by atoms with Crippen molar-refractivity contribution >= 4 is 39.9 Å². The third-order valence-electron chi connectivity index (χ3n) is 4.70. The van der Waals surface area contributed by atoms with E-state index < -0.39 is 11.9 Å². The Balaban J connectivity index is 1.57. The maximum Gasteiger partial charge on any atom is 0.343 e. The number of hydrazone groups is 1. The van der Waals surface area contributed by atoms with Crippen molar-refractivity contribution in [2.75, 3.05) is 20.3 Å². The monoisotopic (exact) mass is 553 g/mol. The van der Waals surface area contributed by atoms with Crippen LogP contribution in [0.25, 0.3) is 0 Å². The standard InChI is InChI=1S/C26H24BrN3O6/c1-3-35-23-13-17(7-12-22(23)36-26(33)18-8-10-21(34-2)11-9-18)15-29-30-24(31)16-28-25(32)19-5-4-6-20(27)14-19/h4-15H,3,16H2,1-2H3,(H,28,32)(H,30,31). The van der Waals surface area contributed by atoms with Crippen LogP contribution in [0.15, 0.2) is 76.3 Å². The number of methoxy groups -OCH3 is 1. The van der Waals surface area contributed by atoms with Gasteiger partial charge in [-0.25, -0.2) is 10.2 Å². The maximum absolute atomic E-state index is 12.5. The molecule has 0 aromatic heterocycles. The molecule has 3 aromatic rings. The quantitative estimate of drug-likeness (QED) is 0.170. The molecule has 10 heteroatoms. The number of nitrogens with zero attached hydrogens (tertiary/aromatic N) is 1. The van der Waals surface area contributed by atoms with E-state index in [0.717, 1.165) is 4.47 Å². The molecule has 2 N–H and O–H groups in total. The Morgan fingerprint density at radius 3 is 2.44 bits per heavy atom. The number of halogens is 1. The average Bonchev–Trinajstić information content (AvgIpc) is 2.88. The minimum absolute atomic E-state index is 0.243. The lowest BCUT2D eigenvalue weighted by Crippen LogP contribution is -2.34. The first-order chi connectivity index (χ1) is 17.4. The van der Waals surface area contributed by atoms with Crippen molar-refractivity contribution in [2.45, 2.75) is 6.92 Å². The van der Waals surface area contributed by atoms with E-state index in [4.69, 9.17) is 14.2 Å². The number of carbonyl (C=O) groups excluding carboxylic acids is 3. The highest BCUT2D eigenvalue weighted by Crippen LogP contribution is 2.29. The first-order valence-electron chi connectivity index (χ1n) is 10.9. The molecule has 0 saturated heterocycles. The number of hydrogen-bond acceptors (Lipinski definition) is 7. The third-order valence-corrected chi connectivity index (χ3v) is 5.19. The molecule has 0 atom stereocenters. The molecule has 2 amide bonds. The van der Waals surface area contributed by atoms with Gasteiger partial charge in [0, 0.05) is 10.0 Å². The Hall–Kier alpha value is -4.18.